The van der Waals surface area contributed by atoms with Crippen LogP contribution in [0.3, 0.4) is 0 Å². The van der Waals surface area contributed by atoms with Crippen LogP contribution in [0.5, 0.6) is 11.5 Å². The van der Waals surface area contributed by atoms with Crippen LogP contribution >= 0.6 is 11.3 Å². The average molecular weight is 386 g/mol. The summed E-state index contributed by atoms with van der Waals surface area (Å²) < 4.78 is 11.5. The molecule has 0 saturated heterocycles. The van der Waals surface area contributed by atoms with Crippen molar-refractivity contribution in [1.82, 2.24) is 4.98 Å². The van der Waals surface area contributed by atoms with Crippen molar-refractivity contribution in [2.45, 2.75) is 0 Å². The summed E-state index contributed by atoms with van der Waals surface area (Å²) in [4.78, 5) is 20.9. The Kier molecular flexibility index (Phi) is 5.93. The molecular weight excluding hydrogens is 362 g/mol. The van der Waals surface area contributed by atoms with Crippen molar-refractivity contribution in [3.8, 4) is 11.5 Å². The number of aromatic nitrogens is 1. The van der Waals surface area contributed by atoms with Gasteiger partial charge in [0, 0.05) is 11.6 Å². The fourth-order valence-electron chi connectivity index (χ4n) is 2.65. The third-order valence-corrected chi connectivity index (χ3v) is 5.29. The maximum absolute atomic E-state index is 13.2. The Balaban J connectivity index is 1.95. The van der Waals surface area contributed by atoms with Crippen molar-refractivity contribution < 1.29 is 19.2 Å². The lowest BCUT2D eigenvalue weighted by Crippen LogP contribution is -3.06. The highest BCUT2D eigenvalue weighted by molar-refractivity contribution is 7.22. The molecule has 6 nitrogen and oxygen atoms in total. The topological polar surface area (TPSA) is 56.1 Å². The monoisotopic (exact) mass is 386 g/mol. The second kappa shape index (κ2) is 8.37. The highest BCUT2D eigenvalue weighted by Crippen LogP contribution is 2.31. The molecule has 0 saturated carbocycles. The van der Waals surface area contributed by atoms with E-state index in [4.69, 9.17) is 9.47 Å². The number of rotatable bonds is 7. The summed E-state index contributed by atoms with van der Waals surface area (Å²) in [6.45, 7) is 1.41. The number of nitrogens with zero attached hydrogens (tertiary/aromatic N) is 2. The lowest BCUT2D eigenvalue weighted by atomic mass is 10.2. The summed E-state index contributed by atoms with van der Waals surface area (Å²) in [6, 6.07) is 12.9. The molecule has 3 rings (SSSR count). The van der Waals surface area contributed by atoms with Gasteiger partial charge >= 0.3 is 0 Å². The Labute approximate surface area is 162 Å². The van der Waals surface area contributed by atoms with Gasteiger partial charge in [-0.25, -0.2) is 4.98 Å². The molecule has 7 heteroatoms. The summed E-state index contributed by atoms with van der Waals surface area (Å²) in [5.41, 5.74) is 1.44. The minimum atomic E-state index is -0.0649. The molecule has 1 N–H and O–H groups in total. The van der Waals surface area contributed by atoms with E-state index >= 15 is 0 Å². The van der Waals surface area contributed by atoms with Gasteiger partial charge in [0.15, 0.2) is 5.13 Å². The van der Waals surface area contributed by atoms with E-state index in [-0.39, 0.29) is 5.91 Å². The lowest BCUT2D eigenvalue weighted by molar-refractivity contribution is -0.856. The molecule has 0 spiro atoms. The van der Waals surface area contributed by atoms with E-state index < -0.39 is 0 Å². The second-order valence-corrected chi connectivity index (χ2v) is 7.48. The Hall–Kier alpha value is -2.64. The zero-order valence-electron chi connectivity index (χ0n) is 16.0. The van der Waals surface area contributed by atoms with Gasteiger partial charge in [0.25, 0.3) is 5.91 Å². The molecule has 0 fully saturated rings. The maximum atomic E-state index is 13.2. The first kappa shape index (κ1) is 19.1. The highest BCUT2D eigenvalue weighted by Gasteiger charge is 2.22. The van der Waals surface area contributed by atoms with Crippen LogP contribution in [0, 0.1) is 0 Å². The van der Waals surface area contributed by atoms with E-state index in [9.17, 15) is 4.79 Å². The number of anilines is 1. The highest BCUT2D eigenvalue weighted by atomic mass is 32.1. The van der Waals surface area contributed by atoms with Gasteiger partial charge in [0.1, 0.15) is 11.5 Å². The number of carbonyl (C=O) groups is 1. The van der Waals surface area contributed by atoms with E-state index in [1.54, 1.807) is 43.4 Å². The number of methoxy groups -OCH3 is 2. The molecule has 3 aromatic rings. The number of thiazole rings is 1. The van der Waals surface area contributed by atoms with Gasteiger partial charge in [-0.05, 0) is 36.4 Å². The van der Waals surface area contributed by atoms with Crippen LogP contribution in [0.1, 0.15) is 10.4 Å². The first-order valence-corrected chi connectivity index (χ1v) is 9.53. The molecule has 0 aliphatic carbocycles. The van der Waals surface area contributed by atoms with E-state index in [0.29, 0.717) is 17.2 Å². The molecule has 1 aromatic heterocycles. The summed E-state index contributed by atoms with van der Waals surface area (Å²) in [6.07, 6.45) is 0. The number of ether oxygens (including phenoxy) is 2. The fraction of sp³-hybridized carbons (Fsp3) is 0.300. The normalized spacial score (nSPS) is 11.0. The average Bonchev–Trinajstić information content (AvgIpc) is 3.10. The summed E-state index contributed by atoms with van der Waals surface area (Å²) in [5.74, 6) is 1.41. The molecule has 0 bridgehead atoms. The molecule has 0 unspecified atom stereocenters. The zero-order chi connectivity index (χ0) is 19.4. The molecule has 0 atom stereocenters. The number of benzene rings is 2. The molecule has 142 valence electrons. The number of hydrogen-bond donors (Lipinski definition) is 1. The molecule has 1 heterocycles. The number of amides is 1. The Morgan fingerprint density at radius 2 is 1.74 bits per heavy atom. The van der Waals surface area contributed by atoms with Crippen molar-refractivity contribution in [2.75, 3.05) is 46.3 Å². The summed E-state index contributed by atoms with van der Waals surface area (Å²) in [5, 5.41) is 0.695. The quantitative estimate of drug-likeness (QED) is 0.676. The van der Waals surface area contributed by atoms with E-state index in [2.05, 4.69) is 19.1 Å². The van der Waals surface area contributed by atoms with Crippen LogP contribution in [0.2, 0.25) is 0 Å². The van der Waals surface area contributed by atoms with Crippen molar-refractivity contribution in [3.63, 3.8) is 0 Å². The third-order valence-electron chi connectivity index (χ3n) is 4.23. The standard InChI is InChI=1S/C20H23N3O3S/c1-22(2)11-12-23(19(24)14-5-7-15(25-3)8-6-14)20-21-17-13-16(26-4)9-10-18(17)27-20/h5-10,13H,11-12H2,1-4H3/p+1. The molecular formula is C20H24N3O3S+. The number of nitrogens with one attached hydrogen (secondary N) is 1. The van der Waals surface area contributed by atoms with Crippen LogP contribution in [-0.4, -0.2) is 52.3 Å². The Morgan fingerprint density at radius 3 is 2.37 bits per heavy atom. The lowest BCUT2D eigenvalue weighted by Gasteiger charge is -2.20. The predicted molar refractivity (Wildman–Crippen MR) is 109 cm³/mol. The Morgan fingerprint density at radius 1 is 1.07 bits per heavy atom. The molecule has 27 heavy (non-hydrogen) atoms. The van der Waals surface area contributed by atoms with E-state index in [1.807, 2.05) is 18.2 Å². The second-order valence-electron chi connectivity index (χ2n) is 6.47. The minimum absolute atomic E-state index is 0.0649. The van der Waals surface area contributed by atoms with Crippen LogP contribution in [0.25, 0.3) is 10.2 Å². The first-order chi connectivity index (χ1) is 13.0. The van der Waals surface area contributed by atoms with Gasteiger partial charge in [0.2, 0.25) is 0 Å². The van der Waals surface area contributed by atoms with Crippen molar-refractivity contribution in [2.24, 2.45) is 0 Å². The predicted octanol–water partition coefficient (Wildman–Crippen LogP) is 2.10. The Bertz CT molecular complexity index is 922. The smallest absolute Gasteiger partial charge is 0.260 e. The van der Waals surface area contributed by atoms with Crippen molar-refractivity contribution in [3.05, 3.63) is 48.0 Å². The summed E-state index contributed by atoms with van der Waals surface area (Å²) >= 11 is 1.51. The first-order valence-electron chi connectivity index (χ1n) is 8.71. The number of likely N-dealkylation sites (N-methyl/N-ethyl adjacent to an activating group) is 1. The van der Waals surface area contributed by atoms with Gasteiger partial charge < -0.3 is 14.4 Å². The van der Waals surface area contributed by atoms with Crippen LogP contribution in [0.15, 0.2) is 42.5 Å². The number of carbonyl (C=O) groups excluding carboxylic acids is 1. The van der Waals surface area contributed by atoms with Gasteiger partial charge in [-0.15, -0.1) is 0 Å². The van der Waals surface area contributed by atoms with Gasteiger partial charge in [0.05, 0.1) is 51.6 Å². The van der Waals surface area contributed by atoms with E-state index in [0.717, 1.165) is 28.3 Å². The third kappa shape index (κ3) is 4.37. The molecule has 0 radical (unpaired) electrons. The van der Waals surface area contributed by atoms with Crippen molar-refractivity contribution in [1.29, 1.82) is 0 Å². The van der Waals surface area contributed by atoms with E-state index in [1.165, 1.54) is 16.2 Å². The molecule has 2 aromatic carbocycles. The van der Waals surface area contributed by atoms with Gasteiger partial charge in [-0.1, -0.05) is 11.3 Å². The summed E-state index contributed by atoms with van der Waals surface area (Å²) in [7, 11) is 7.38. The molecule has 0 aliphatic rings. The van der Waals surface area contributed by atoms with Gasteiger partial charge in [-0.3, -0.25) is 9.69 Å². The molecule has 1 amide bonds. The van der Waals surface area contributed by atoms with Gasteiger partial charge in [-0.2, -0.15) is 0 Å². The zero-order valence-corrected chi connectivity index (χ0v) is 16.8. The number of quaternary nitrogens is 1. The largest absolute Gasteiger partial charge is 0.497 e. The minimum Gasteiger partial charge on any atom is -0.497 e. The number of fused-ring (bicyclic) bond motifs is 1. The SMILES string of the molecule is COc1ccc(C(=O)N(CC[NH+](C)C)c2nc3cc(OC)ccc3s2)cc1. The fourth-order valence-corrected chi connectivity index (χ4v) is 3.62. The number of hydrogen-bond acceptors (Lipinski definition) is 5. The van der Waals surface area contributed by atoms with Crippen LogP contribution in [0.4, 0.5) is 5.13 Å². The van der Waals surface area contributed by atoms with Crippen LogP contribution < -0.4 is 19.3 Å². The maximum Gasteiger partial charge on any atom is 0.260 e. The molecule has 0 aliphatic heterocycles. The van der Waals surface area contributed by atoms with Crippen molar-refractivity contribution >= 4 is 32.6 Å². The van der Waals surface area contributed by atoms with Crippen LogP contribution in [-0.2, 0) is 0 Å².